The van der Waals surface area contributed by atoms with Crippen LogP contribution in [-0.2, 0) is 6.42 Å². The van der Waals surface area contributed by atoms with Gasteiger partial charge in [-0.1, -0.05) is 12.1 Å². The summed E-state index contributed by atoms with van der Waals surface area (Å²) in [7, 11) is 4.65. The van der Waals surface area contributed by atoms with E-state index in [0.717, 1.165) is 10.5 Å². The Bertz CT molecular complexity index is 1270. The fourth-order valence-corrected chi connectivity index (χ4v) is 3.82. The SMILES string of the molecule is COc1cccc(N2C(=O)c3ccc(C(=O)NCCc4ccc(OC)c(OC)c4)cc3C2=O)c1. The largest absolute Gasteiger partial charge is 0.497 e. The van der Waals surface area contributed by atoms with Gasteiger partial charge in [0, 0.05) is 18.2 Å². The van der Waals surface area contributed by atoms with Gasteiger partial charge in [0.25, 0.3) is 17.7 Å². The van der Waals surface area contributed by atoms with Gasteiger partial charge >= 0.3 is 0 Å². The van der Waals surface area contributed by atoms with Gasteiger partial charge in [0.05, 0.1) is 38.1 Å². The highest BCUT2D eigenvalue weighted by atomic mass is 16.5. The molecule has 3 amide bonds. The first kappa shape index (κ1) is 22.8. The first-order chi connectivity index (χ1) is 16.5. The van der Waals surface area contributed by atoms with Crippen molar-refractivity contribution < 1.29 is 28.6 Å². The summed E-state index contributed by atoms with van der Waals surface area (Å²) in [5, 5.41) is 2.85. The van der Waals surface area contributed by atoms with E-state index in [-0.39, 0.29) is 17.0 Å². The number of anilines is 1. The summed E-state index contributed by atoms with van der Waals surface area (Å²) in [6, 6.07) is 16.8. The molecule has 0 radical (unpaired) electrons. The van der Waals surface area contributed by atoms with Crippen LogP contribution in [0.3, 0.4) is 0 Å². The molecule has 4 rings (SSSR count). The van der Waals surface area contributed by atoms with Gasteiger partial charge in [-0.15, -0.1) is 0 Å². The Labute approximate surface area is 197 Å². The minimum absolute atomic E-state index is 0.195. The van der Waals surface area contributed by atoms with Crippen LogP contribution in [0.2, 0.25) is 0 Å². The third kappa shape index (κ3) is 4.30. The van der Waals surface area contributed by atoms with Crippen molar-refractivity contribution in [3.05, 3.63) is 82.9 Å². The third-order valence-electron chi connectivity index (χ3n) is 5.61. The number of rotatable bonds is 8. The van der Waals surface area contributed by atoms with Crippen molar-refractivity contribution in [2.24, 2.45) is 0 Å². The lowest BCUT2D eigenvalue weighted by Gasteiger charge is -2.14. The second-order valence-corrected chi connectivity index (χ2v) is 7.60. The molecular weight excluding hydrogens is 436 g/mol. The molecule has 0 aliphatic carbocycles. The zero-order valence-electron chi connectivity index (χ0n) is 19.1. The van der Waals surface area contributed by atoms with Gasteiger partial charge in [-0.2, -0.15) is 0 Å². The van der Waals surface area contributed by atoms with Crippen LogP contribution in [0.15, 0.2) is 60.7 Å². The van der Waals surface area contributed by atoms with E-state index < -0.39 is 11.8 Å². The highest BCUT2D eigenvalue weighted by Crippen LogP contribution is 2.31. The molecule has 0 fully saturated rings. The van der Waals surface area contributed by atoms with E-state index in [1.165, 1.54) is 19.2 Å². The number of amides is 3. The number of methoxy groups -OCH3 is 3. The summed E-state index contributed by atoms with van der Waals surface area (Å²) in [6.07, 6.45) is 0.581. The molecule has 8 nitrogen and oxygen atoms in total. The summed E-state index contributed by atoms with van der Waals surface area (Å²) in [6.45, 7) is 0.383. The highest BCUT2D eigenvalue weighted by molar-refractivity contribution is 6.34. The first-order valence-electron chi connectivity index (χ1n) is 10.6. The Morgan fingerprint density at radius 1 is 0.824 bits per heavy atom. The molecule has 8 heteroatoms. The quantitative estimate of drug-likeness (QED) is 0.517. The maximum Gasteiger partial charge on any atom is 0.266 e. The summed E-state index contributed by atoms with van der Waals surface area (Å²) >= 11 is 0. The van der Waals surface area contributed by atoms with Crippen molar-refractivity contribution in [2.75, 3.05) is 32.8 Å². The molecule has 0 saturated heterocycles. The Kier molecular flexibility index (Phi) is 6.49. The van der Waals surface area contributed by atoms with Gasteiger partial charge < -0.3 is 19.5 Å². The molecule has 34 heavy (non-hydrogen) atoms. The maximum absolute atomic E-state index is 13.0. The van der Waals surface area contributed by atoms with Crippen LogP contribution < -0.4 is 24.4 Å². The average molecular weight is 460 g/mol. The number of carbonyl (C=O) groups excluding carboxylic acids is 3. The lowest BCUT2D eigenvalue weighted by atomic mass is 10.1. The normalized spacial score (nSPS) is 12.4. The van der Waals surface area contributed by atoms with E-state index in [0.29, 0.717) is 41.5 Å². The van der Waals surface area contributed by atoms with Crippen molar-refractivity contribution in [2.45, 2.75) is 6.42 Å². The monoisotopic (exact) mass is 460 g/mol. The molecule has 3 aromatic carbocycles. The number of nitrogens with one attached hydrogen (secondary N) is 1. The number of imide groups is 1. The number of hydrogen-bond acceptors (Lipinski definition) is 6. The van der Waals surface area contributed by atoms with E-state index in [2.05, 4.69) is 5.32 Å². The Morgan fingerprint density at radius 2 is 1.59 bits per heavy atom. The molecular formula is C26H24N2O6. The molecule has 0 bridgehead atoms. The predicted molar refractivity (Wildman–Crippen MR) is 126 cm³/mol. The standard InChI is InChI=1S/C26H24N2O6/c1-32-19-6-4-5-18(15-19)28-25(30)20-9-8-17(14-21(20)26(28)31)24(29)27-12-11-16-7-10-22(33-2)23(13-16)34-3/h4-10,13-15H,11-12H2,1-3H3,(H,27,29). The van der Waals surface area contributed by atoms with Gasteiger partial charge in [-0.05, 0) is 54.4 Å². The Balaban J connectivity index is 1.45. The zero-order chi connectivity index (χ0) is 24.2. The van der Waals surface area contributed by atoms with Crippen molar-refractivity contribution in [1.82, 2.24) is 5.32 Å². The lowest BCUT2D eigenvalue weighted by Crippen LogP contribution is -2.29. The van der Waals surface area contributed by atoms with E-state index in [9.17, 15) is 14.4 Å². The zero-order valence-corrected chi connectivity index (χ0v) is 19.1. The Morgan fingerprint density at radius 3 is 2.32 bits per heavy atom. The molecule has 3 aromatic rings. The number of nitrogens with zero attached hydrogens (tertiary/aromatic N) is 1. The second kappa shape index (κ2) is 9.66. The van der Waals surface area contributed by atoms with Crippen LogP contribution in [-0.4, -0.2) is 45.6 Å². The molecule has 0 aromatic heterocycles. The van der Waals surface area contributed by atoms with E-state index >= 15 is 0 Å². The number of ether oxygens (including phenoxy) is 3. The lowest BCUT2D eigenvalue weighted by molar-refractivity contribution is 0.0923. The number of carbonyl (C=O) groups is 3. The summed E-state index contributed by atoms with van der Waals surface area (Å²) in [5.74, 6) is 0.540. The van der Waals surface area contributed by atoms with Crippen molar-refractivity contribution >= 4 is 23.4 Å². The fraction of sp³-hybridized carbons (Fsp3) is 0.192. The van der Waals surface area contributed by atoms with E-state index in [1.807, 2.05) is 18.2 Å². The van der Waals surface area contributed by atoms with E-state index in [1.54, 1.807) is 44.6 Å². The molecule has 1 aliphatic heterocycles. The van der Waals surface area contributed by atoms with Crippen LogP contribution in [0.1, 0.15) is 36.6 Å². The van der Waals surface area contributed by atoms with Crippen LogP contribution in [0.25, 0.3) is 0 Å². The minimum Gasteiger partial charge on any atom is -0.497 e. The topological polar surface area (TPSA) is 94.2 Å². The van der Waals surface area contributed by atoms with Gasteiger partial charge in [0.1, 0.15) is 5.75 Å². The highest BCUT2D eigenvalue weighted by Gasteiger charge is 2.37. The molecule has 0 spiro atoms. The van der Waals surface area contributed by atoms with Crippen molar-refractivity contribution in [3.63, 3.8) is 0 Å². The number of fused-ring (bicyclic) bond motifs is 1. The number of benzene rings is 3. The van der Waals surface area contributed by atoms with Crippen molar-refractivity contribution in [3.8, 4) is 17.2 Å². The Hall–Kier alpha value is -4.33. The molecule has 1 N–H and O–H groups in total. The van der Waals surface area contributed by atoms with Crippen LogP contribution in [0.5, 0.6) is 17.2 Å². The molecule has 174 valence electrons. The smallest absolute Gasteiger partial charge is 0.266 e. The van der Waals surface area contributed by atoms with Crippen LogP contribution in [0, 0.1) is 0 Å². The first-order valence-corrected chi connectivity index (χ1v) is 10.6. The summed E-state index contributed by atoms with van der Waals surface area (Å²) < 4.78 is 15.7. The summed E-state index contributed by atoms with van der Waals surface area (Å²) in [5.41, 5.74) is 2.14. The molecule has 0 saturated carbocycles. The predicted octanol–water partition coefficient (Wildman–Crippen LogP) is 3.49. The van der Waals surface area contributed by atoms with E-state index in [4.69, 9.17) is 14.2 Å². The van der Waals surface area contributed by atoms with Crippen LogP contribution >= 0.6 is 0 Å². The van der Waals surface area contributed by atoms with Crippen LogP contribution in [0.4, 0.5) is 5.69 Å². The maximum atomic E-state index is 13.0. The molecule has 1 heterocycles. The molecule has 0 unspecified atom stereocenters. The molecule has 1 aliphatic rings. The fourth-order valence-electron chi connectivity index (χ4n) is 3.82. The second-order valence-electron chi connectivity index (χ2n) is 7.60. The minimum atomic E-state index is -0.478. The van der Waals surface area contributed by atoms with Gasteiger partial charge in [0.2, 0.25) is 0 Å². The van der Waals surface area contributed by atoms with Crippen molar-refractivity contribution in [1.29, 1.82) is 0 Å². The number of hydrogen-bond donors (Lipinski definition) is 1. The average Bonchev–Trinajstić information content (AvgIpc) is 3.12. The summed E-state index contributed by atoms with van der Waals surface area (Å²) in [4.78, 5) is 39.7. The third-order valence-corrected chi connectivity index (χ3v) is 5.61. The van der Waals surface area contributed by atoms with Gasteiger partial charge in [-0.3, -0.25) is 14.4 Å². The van der Waals surface area contributed by atoms with Gasteiger partial charge in [0.15, 0.2) is 11.5 Å². The van der Waals surface area contributed by atoms with Gasteiger partial charge in [-0.25, -0.2) is 4.90 Å². The molecule has 0 atom stereocenters.